The van der Waals surface area contributed by atoms with E-state index in [1.54, 1.807) is 24.3 Å². The smallest absolute Gasteiger partial charge is 0.258 e. The van der Waals surface area contributed by atoms with Gasteiger partial charge in [0, 0.05) is 12.2 Å². The van der Waals surface area contributed by atoms with E-state index >= 15 is 0 Å². The number of carbonyl (C=O) groups is 1. The highest BCUT2D eigenvalue weighted by Crippen LogP contribution is 2.19. The van der Waals surface area contributed by atoms with Crippen LogP contribution in [0.5, 0.6) is 0 Å². The number of anilines is 1. The molecule has 0 fully saturated rings. The molecular weight excluding hydrogens is 405 g/mol. The summed E-state index contributed by atoms with van der Waals surface area (Å²) in [5.41, 5.74) is 0.264. The van der Waals surface area contributed by atoms with Crippen molar-refractivity contribution in [1.29, 1.82) is 0 Å². The van der Waals surface area contributed by atoms with Gasteiger partial charge in [-0.2, -0.15) is 0 Å². The first-order valence-corrected chi connectivity index (χ1v) is 9.85. The number of halogens is 3. The molecule has 0 spiro atoms. The Bertz CT molecular complexity index is 1140. The lowest BCUT2D eigenvalue weighted by Gasteiger charge is -2.09. The maximum absolute atomic E-state index is 13.7. The highest BCUT2D eigenvalue weighted by Gasteiger charge is 2.19. The molecule has 3 aromatic rings. The SMILES string of the molecule is O=C(Nc1ccc(S(=O)(=O)NCc2ccccc2)cc1)c1ccc(F)c(F)c1F. The van der Waals surface area contributed by atoms with Gasteiger partial charge in [-0.15, -0.1) is 0 Å². The Morgan fingerprint density at radius 2 is 1.48 bits per heavy atom. The summed E-state index contributed by atoms with van der Waals surface area (Å²) in [4.78, 5) is 12.0. The maximum atomic E-state index is 13.7. The van der Waals surface area contributed by atoms with E-state index in [-0.39, 0.29) is 17.1 Å². The minimum Gasteiger partial charge on any atom is -0.322 e. The van der Waals surface area contributed by atoms with Crippen molar-refractivity contribution in [2.24, 2.45) is 0 Å². The van der Waals surface area contributed by atoms with Crippen molar-refractivity contribution in [2.75, 3.05) is 5.32 Å². The van der Waals surface area contributed by atoms with Gasteiger partial charge in [-0.3, -0.25) is 4.79 Å². The summed E-state index contributed by atoms with van der Waals surface area (Å²) in [5, 5.41) is 2.30. The zero-order chi connectivity index (χ0) is 21.0. The molecule has 150 valence electrons. The van der Waals surface area contributed by atoms with Crippen LogP contribution in [0.15, 0.2) is 71.6 Å². The Kier molecular flexibility index (Phi) is 6.00. The van der Waals surface area contributed by atoms with E-state index in [9.17, 15) is 26.4 Å². The molecule has 5 nitrogen and oxygen atoms in total. The van der Waals surface area contributed by atoms with Crippen LogP contribution in [0.2, 0.25) is 0 Å². The van der Waals surface area contributed by atoms with Crippen LogP contribution in [0.4, 0.5) is 18.9 Å². The van der Waals surface area contributed by atoms with Gasteiger partial charge in [0.1, 0.15) is 0 Å². The molecule has 29 heavy (non-hydrogen) atoms. The van der Waals surface area contributed by atoms with Crippen LogP contribution < -0.4 is 10.0 Å². The Labute approximate surface area is 165 Å². The second kappa shape index (κ2) is 8.46. The van der Waals surface area contributed by atoms with Crippen LogP contribution >= 0.6 is 0 Å². The monoisotopic (exact) mass is 420 g/mol. The summed E-state index contributed by atoms with van der Waals surface area (Å²) < 4.78 is 67.1. The molecule has 0 unspecified atom stereocenters. The topological polar surface area (TPSA) is 75.3 Å². The molecule has 0 saturated heterocycles. The molecule has 0 atom stereocenters. The predicted molar refractivity (Wildman–Crippen MR) is 101 cm³/mol. The van der Waals surface area contributed by atoms with E-state index in [2.05, 4.69) is 10.0 Å². The first kappa shape index (κ1) is 20.6. The van der Waals surface area contributed by atoms with Gasteiger partial charge in [-0.1, -0.05) is 30.3 Å². The molecule has 0 bridgehead atoms. The fourth-order valence-corrected chi connectivity index (χ4v) is 3.49. The van der Waals surface area contributed by atoms with Gasteiger partial charge in [-0.05, 0) is 42.0 Å². The Balaban J connectivity index is 1.70. The fourth-order valence-electron chi connectivity index (χ4n) is 2.47. The zero-order valence-corrected chi connectivity index (χ0v) is 15.6. The van der Waals surface area contributed by atoms with E-state index in [0.29, 0.717) is 6.07 Å². The summed E-state index contributed by atoms with van der Waals surface area (Å²) in [6.45, 7) is 0.108. The minimum absolute atomic E-state index is 0.0366. The fraction of sp³-hybridized carbons (Fsp3) is 0.0500. The summed E-state index contributed by atoms with van der Waals surface area (Å²) in [7, 11) is -3.79. The van der Waals surface area contributed by atoms with E-state index in [4.69, 9.17) is 0 Å². The van der Waals surface area contributed by atoms with Crippen LogP contribution in [0.3, 0.4) is 0 Å². The number of benzene rings is 3. The quantitative estimate of drug-likeness (QED) is 0.595. The Morgan fingerprint density at radius 1 is 0.828 bits per heavy atom. The normalized spacial score (nSPS) is 11.3. The molecule has 0 heterocycles. The molecule has 9 heteroatoms. The first-order chi connectivity index (χ1) is 13.8. The molecular formula is C20H15F3N2O3S. The summed E-state index contributed by atoms with van der Waals surface area (Å²) >= 11 is 0. The van der Waals surface area contributed by atoms with Gasteiger partial charge in [0.05, 0.1) is 10.5 Å². The molecule has 3 aromatic carbocycles. The molecule has 2 N–H and O–H groups in total. The highest BCUT2D eigenvalue weighted by atomic mass is 32.2. The van der Waals surface area contributed by atoms with Crippen LogP contribution in [0.25, 0.3) is 0 Å². The van der Waals surface area contributed by atoms with Crippen molar-refractivity contribution >= 4 is 21.6 Å². The van der Waals surface area contributed by atoms with E-state index < -0.39 is 38.9 Å². The van der Waals surface area contributed by atoms with Crippen molar-refractivity contribution in [2.45, 2.75) is 11.4 Å². The number of hydrogen-bond acceptors (Lipinski definition) is 3. The van der Waals surface area contributed by atoms with Crippen molar-refractivity contribution in [3.63, 3.8) is 0 Å². The summed E-state index contributed by atoms with van der Waals surface area (Å²) in [5.74, 6) is -5.76. The lowest BCUT2D eigenvalue weighted by Crippen LogP contribution is -2.23. The van der Waals surface area contributed by atoms with Gasteiger partial charge in [-0.25, -0.2) is 26.3 Å². The number of sulfonamides is 1. The van der Waals surface area contributed by atoms with Crippen molar-refractivity contribution in [1.82, 2.24) is 4.72 Å². The third kappa shape index (κ3) is 4.82. The average Bonchev–Trinajstić information content (AvgIpc) is 2.72. The van der Waals surface area contributed by atoms with E-state index in [0.717, 1.165) is 11.6 Å². The summed E-state index contributed by atoms with van der Waals surface area (Å²) in [6.07, 6.45) is 0. The lowest BCUT2D eigenvalue weighted by atomic mass is 10.1. The molecule has 0 aliphatic carbocycles. The number of carbonyl (C=O) groups excluding carboxylic acids is 1. The molecule has 0 saturated carbocycles. The second-order valence-corrected chi connectivity index (χ2v) is 7.78. The molecule has 0 aliphatic rings. The number of amides is 1. The third-order valence-corrected chi connectivity index (χ3v) is 5.43. The predicted octanol–water partition coefficient (Wildman–Crippen LogP) is 3.83. The summed E-state index contributed by atoms with van der Waals surface area (Å²) in [6, 6.07) is 15.5. The second-order valence-electron chi connectivity index (χ2n) is 6.01. The number of nitrogens with one attached hydrogen (secondary N) is 2. The molecule has 0 aromatic heterocycles. The standard InChI is InChI=1S/C20H15F3N2O3S/c21-17-11-10-16(18(22)19(17)23)20(26)25-14-6-8-15(9-7-14)29(27,28)24-12-13-4-2-1-3-5-13/h1-11,24H,12H2,(H,25,26). The lowest BCUT2D eigenvalue weighted by molar-refractivity contribution is 0.102. The van der Waals surface area contributed by atoms with Crippen LogP contribution in [0, 0.1) is 17.5 Å². The third-order valence-electron chi connectivity index (χ3n) is 4.01. The molecule has 1 amide bonds. The van der Waals surface area contributed by atoms with Gasteiger partial charge >= 0.3 is 0 Å². The van der Waals surface area contributed by atoms with Gasteiger partial charge in [0.25, 0.3) is 5.91 Å². The maximum Gasteiger partial charge on any atom is 0.258 e. The Morgan fingerprint density at radius 3 is 2.14 bits per heavy atom. The molecule has 3 rings (SSSR count). The minimum atomic E-state index is -3.79. The van der Waals surface area contributed by atoms with E-state index in [1.807, 2.05) is 6.07 Å². The van der Waals surface area contributed by atoms with E-state index in [1.165, 1.54) is 24.3 Å². The number of rotatable bonds is 6. The first-order valence-electron chi connectivity index (χ1n) is 8.36. The molecule has 0 aliphatic heterocycles. The van der Waals surface area contributed by atoms with Gasteiger partial charge < -0.3 is 5.32 Å². The van der Waals surface area contributed by atoms with Gasteiger partial charge in [0.2, 0.25) is 10.0 Å². The number of hydrogen-bond donors (Lipinski definition) is 2. The van der Waals surface area contributed by atoms with Crippen molar-refractivity contribution in [3.8, 4) is 0 Å². The van der Waals surface area contributed by atoms with Crippen LogP contribution in [-0.4, -0.2) is 14.3 Å². The van der Waals surface area contributed by atoms with Crippen LogP contribution in [0.1, 0.15) is 15.9 Å². The molecule has 0 radical (unpaired) electrons. The van der Waals surface area contributed by atoms with Gasteiger partial charge in [0.15, 0.2) is 17.5 Å². The highest BCUT2D eigenvalue weighted by molar-refractivity contribution is 7.89. The van der Waals surface area contributed by atoms with Crippen molar-refractivity contribution in [3.05, 3.63) is 95.3 Å². The van der Waals surface area contributed by atoms with Crippen molar-refractivity contribution < 1.29 is 26.4 Å². The zero-order valence-electron chi connectivity index (χ0n) is 14.8. The Hall–Kier alpha value is -3.17. The van der Waals surface area contributed by atoms with Crippen LogP contribution in [-0.2, 0) is 16.6 Å². The average molecular weight is 420 g/mol. The largest absolute Gasteiger partial charge is 0.322 e.